The maximum absolute atomic E-state index is 12.4. The molecule has 1 aromatic carbocycles. The van der Waals surface area contributed by atoms with Gasteiger partial charge in [-0.1, -0.05) is 12.1 Å². The molecule has 2 rings (SSSR count). The van der Waals surface area contributed by atoms with E-state index in [1.807, 2.05) is 0 Å². The third-order valence-corrected chi connectivity index (χ3v) is 3.36. The average Bonchev–Trinajstić information content (AvgIpc) is 2.48. The molecule has 23 heavy (non-hydrogen) atoms. The first-order valence-electron chi connectivity index (χ1n) is 6.52. The number of fused-ring (bicyclic) bond motifs is 1. The molecule has 1 aromatic rings. The van der Waals surface area contributed by atoms with Crippen LogP contribution in [0.1, 0.15) is 27.6 Å². The van der Waals surface area contributed by atoms with Crippen LogP contribution in [-0.4, -0.2) is 36.8 Å². The topological polar surface area (TPSA) is 72.5 Å². The molecule has 5 nitrogen and oxygen atoms in total. The van der Waals surface area contributed by atoms with Gasteiger partial charge in [-0.05, 0) is 19.1 Å². The molecule has 1 N–H and O–H groups in total. The minimum Gasteiger partial charge on any atom is -0.496 e. The van der Waals surface area contributed by atoms with Gasteiger partial charge in [0.1, 0.15) is 5.75 Å². The summed E-state index contributed by atoms with van der Waals surface area (Å²) in [6, 6.07) is 3.10. The van der Waals surface area contributed by atoms with Crippen molar-refractivity contribution < 1.29 is 32.3 Å². The van der Waals surface area contributed by atoms with Crippen LogP contribution < -0.4 is 10.1 Å². The summed E-state index contributed by atoms with van der Waals surface area (Å²) in [5, 5.41) is 1.66. The minimum atomic E-state index is -5.07. The first-order valence-corrected chi connectivity index (χ1v) is 6.52. The van der Waals surface area contributed by atoms with E-state index in [4.69, 9.17) is 4.74 Å². The number of hydrogen-bond donors (Lipinski definition) is 1. The lowest BCUT2D eigenvalue weighted by molar-refractivity contribution is -0.174. The van der Waals surface area contributed by atoms with E-state index in [0.29, 0.717) is 0 Å². The fourth-order valence-corrected chi connectivity index (χ4v) is 2.26. The summed E-state index contributed by atoms with van der Waals surface area (Å²) in [5.74, 6) is -3.18. The second kappa shape index (κ2) is 5.86. The monoisotopic (exact) mass is 327 g/mol. The van der Waals surface area contributed by atoms with E-state index in [0.717, 1.165) is 6.08 Å². The lowest BCUT2D eigenvalue weighted by Crippen LogP contribution is -2.44. The maximum Gasteiger partial charge on any atom is 0.471 e. The number of hydrogen-bond acceptors (Lipinski definition) is 4. The van der Waals surface area contributed by atoms with E-state index in [1.54, 1.807) is 5.32 Å². The Hall–Kier alpha value is -2.64. The summed E-state index contributed by atoms with van der Waals surface area (Å²) in [4.78, 5) is 35.5. The van der Waals surface area contributed by atoms with Gasteiger partial charge in [-0.2, -0.15) is 13.2 Å². The zero-order valence-electron chi connectivity index (χ0n) is 12.2. The quantitative estimate of drug-likeness (QED) is 0.922. The van der Waals surface area contributed by atoms with Crippen LogP contribution in [0.4, 0.5) is 13.2 Å². The van der Waals surface area contributed by atoms with Crippen molar-refractivity contribution in [2.45, 2.75) is 19.1 Å². The molecule has 122 valence electrons. The summed E-state index contributed by atoms with van der Waals surface area (Å²) in [7, 11) is 1.33. The number of allylic oxidation sites excluding steroid dienone is 1. The normalized spacial score (nSPS) is 15.6. The largest absolute Gasteiger partial charge is 0.496 e. The van der Waals surface area contributed by atoms with Crippen molar-refractivity contribution in [3.05, 3.63) is 41.0 Å². The first-order chi connectivity index (χ1) is 10.7. The number of benzene rings is 1. The highest BCUT2D eigenvalue weighted by Crippen LogP contribution is 2.30. The number of rotatable bonds is 3. The van der Waals surface area contributed by atoms with Crippen molar-refractivity contribution in [2.24, 2.45) is 0 Å². The molecule has 1 unspecified atom stereocenters. The van der Waals surface area contributed by atoms with Gasteiger partial charge in [0, 0.05) is 11.1 Å². The maximum atomic E-state index is 12.4. The Kier molecular flexibility index (Phi) is 4.26. The van der Waals surface area contributed by atoms with Crippen LogP contribution in [0.25, 0.3) is 0 Å². The third kappa shape index (κ3) is 3.10. The van der Waals surface area contributed by atoms with Crippen LogP contribution in [0.15, 0.2) is 29.8 Å². The van der Waals surface area contributed by atoms with Gasteiger partial charge in [0.25, 0.3) is 0 Å². The molecule has 0 aromatic heterocycles. The highest BCUT2D eigenvalue weighted by Gasteiger charge is 2.40. The van der Waals surface area contributed by atoms with Crippen molar-refractivity contribution >= 4 is 17.5 Å². The molecule has 0 fully saturated rings. The second-order valence-corrected chi connectivity index (χ2v) is 4.87. The van der Waals surface area contributed by atoms with E-state index in [-0.39, 0.29) is 22.4 Å². The van der Waals surface area contributed by atoms with Crippen LogP contribution in [0.2, 0.25) is 0 Å². The van der Waals surface area contributed by atoms with Crippen molar-refractivity contribution in [3.8, 4) is 5.75 Å². The van der Waals surface area contributed by atoms with Crippen molar-refractivity contribution in [1.82, 2.24) is 5.32 Å². The molecule has 1 atom stereocenters. The number of Topliss-reactive ketones (excluding diaryl/α,β-unsaturated/α-hetero) is 1. The van der Waals surface area contributed by atoms with Gasteiger partial charge in [-0.25, -0.2) is 0 Å². The van der Waals surface area contributed by atoms with Crippen molar-refractivity contribution in [3.63, 3.8) is 0 Å². The second-order valence-electron chi connectivity index (χ2n) is 4.87. The van der Waals surface area contributed by atoms with Gasteiger partial charge >= 0.3 is 12.1 Å². The zero-order valence-corrected chi connectivity index (χ0v) is 12.2. The van der Waals surface area contributed by atoms with Crippen molar-refractivity contribution in [1.29, 1.82) is 0 Å². The Bertz CT molecular complexity index is 722. The minimum absolute atomic E-state index is 0.0277. The van der Waals surface area contributed by atoms with E-state index < -0.39 is 29.7 Å². The average molecular weight is 327 g/mol. The summed E-state index contributed by atoms with van der Waals surface area (Å²) in [5.41, 5.74) is -0.133. The third-order valence-electron chi connectivity index (χ3n) is 3.36. The van der Waals surface area contributed by atoms with E-state index in [1.165, 1.54) is 32.2 Å². The van der Waals surface area contributed by atoms with Crippen LogP contribution in [-0.2, 0) is 4.79 Å². The predicted molar refractivity (Wildman–Crippen MR) is 73.4 cm³/mol. The number of carbonyl (C=O) groups excluding carboxylic acids is 3. The molecule has 8 heteroatoms. The fraction of sp³-hybridized carbons (Fsp3) is 0.267. The molecule has 1 aliphatic rings. The smallest absolute Gasteiger partial charge is 0.471 e. The van der Waals surface area contributed by atoms with Gasteiger partial charge in [0.2, 0.25) is 0 Å². The molecule has 0 heterocycles. The zero-order chi connectivity index (χ0) is 17.4. The lowest BCUT2D eigenvalue weighted by atomic mass is 9.86. The van der Waals surface area contributed by atoms with Gasteiger partial charge in [-0.15, -0.1) is 0 Å². The van der Waals surface area contributed by atoms with Crippen LogP contribution in [0, 0.1) is 0 Å². The molecule has 0 spiro atoms. The Labute approximate surface area is 129 Å². The fourth-order valence-electron chi connectivity index (χ4n) is 2.26. The first kappa shape index (κ1) is 16.7. The van der Waals surface area contributed by atoms with Gasteiger partial charge in [0.05, 0.1) is 18.7 Å². The predicted octanol–water partition coefficient (Wildman–Crippen LogP) is 2.07. The Morgan fingerprint density at radius 1 is 1.26 bits per heavy atom. The summed E-state index contributed by atoms with van der Waals surface area (Å²) < 4.78 is 41.9. The Balaban J connectivity index is 2.35. The number of ether oxygens (including phenoxy) is 1. The Morgan fingerprint density at radius 3 is 2.48 bits per heavy atom. The molecule has 0 aliphatic heterocycles. The standard InChI is InChI=1S/C15H12F3NO4/c1-7(19-14(22)15(16,17)18)9-6-10(20)12-8(13(9)21)4-3-5-11(12)23-2/h3-7H,1-2H3,(H,19,22). The Morgan fingerprint density at radius 2 is 1.91 bits per heavy atom. The van der Waals surface area contributed by atoms with Crippen LogP contribution in [0.5, 0.6) is 5.75 Å². The lowest BCUT2D eigenvalue weighted by Gasteiger charge is -2.22. The molecule has 0 radical (unpaired) electrons. The van der Waals surface area contributed by atoms with Gasteiger partial charge < -0.3 is 10.1 Å². The number of methoxy groups -OCH3 is 1. The van der Waals surface area contributed by atoms with Crippen LogP contribution >= 0.6 is 0 Å². The van der Waals surface area contributed by atoms with Crippen molar-refractivity contribution in [2.75, 3.05) is 7.11 Å². The molecule has 1 aliphatic carbocycles. The summed E-state index contributed by atoms with van der Waals surface area (Å²) >= 11 is 0. The number of alkyl halides is 3. The van der Waals surface area contributed by atoms with Crippen LogP contribution in [0.3, 0.4) is 0 Å². The summed E-state index contributed by atoms with van der Waals surface area (Å²) in [6.45, 7) is 1.20. The van der Waals surface area contributed by atoms with Gasteiger partial charge in [-0.3, -0.25) is 14.4 Å². The number of halogens is 3. The highest BCUT2D eigenvalue weighted by molar-refractivity contribution is 6.26. The molecule has 1 amide bonds. The number of amides is 1. The molecular formula is C15H12F3NO4. The van der Waals surface area contributed by atoms with Gasteiger partial charge in [0.15, 0.2) is 11.6 Å². The number of carbonyl (C=O) groups is 3. The van der Waals surface area contributed by atoms with E-state index in [9.17, 15) is 27.6 Å². The molecule has 0 saturated carbocycles. The molecule has 0 bridgehead atoms. The summed E-state index contributed by atoms with van der Waals surface area (Å²) in [6.07, 6.45) is -4.15. The highest BCUT2D eigenvalue weighted by atomic mass is 19.4. The molecular weight excluding hydrogens is 315 g/mol. The number of ketones is 2. The number of nitrogens with one attached hydrogen (secondary N) is 1. The van der Waals surface area contributed by atoms with E-state index in [2.05, 4.69) is 0 Å². The van der Waals surface area contributed by atoms with E-state index >= 15 is 0 Å². The molecule has 0 saturated heterocycles. The SMILES string of the molecule is COc1cccc2c1C(=O)C=C(C(C)NC(=O)C(F)(F)F)C2=O.